The molecule has 5 rings (SSSR count). The van der Waals surface area contributed by atoms with E-state index in [1.807, 2.05) is 0 Å². The molecule has 3 aromatic rings. The van der Waals surface area contributed by atoms with Gasteiger partial charge in [-0.3, -0.25) is 19.4 Å². The zero-order valence-corrected chi connectivity index (χ0v) is 23.1. The number of nitrogens with two attached hydrogens (primary N) is 1. The van der Waals surface area contributed by atoms with Gasteiger partial charge in [0, 0.05) is 56.0 Å². The second kappa shape index (κ2) is 12.2. The summed E-state index contributed by atoms with van der Waals surface area (Å²) >= 11 is 1.47. The molecule has 0 bridgehead atoms. The largest absolute Gasteiger partial charge is 0.366 e. The Morgan fingerprint density at radius 3 is 2.16 bits per heavy atom. The maximum Gasteiger partial charge on any atom is 0.259 e. The number of primary amides is 1. The molecule has 1 aromatic heterocycles. The minimum atomic E-state index is -0.538. The Balaban J connectivity index is 0.00000336. The summed E-state index contributed by atoms with van der Waals surface area (Å²) in [5.74, 6) is -1.07. The number of amides is 2. The van der Waals surface area contributed by atoms with Gasteiger partial charge in [0.2, 0.25) is 5.91 Å². The standard InChI is InChI=1S/C28H32FN5O2S.ClH/c1-32(26(36)21-9-7-20(8-10-21)25(30)35)28-31-24(19-11-13-22(29)14-12-19)27(37-28)34-17-15-33(16-18-34)23-5-3-2-4-6-23;/h7-14,23H,2-6,15-18H2,1H3,(H2,30,35);1H. The van der Waals surface area contributed by atoms with E-state index < -0.39 is 5.91 Å². The van der Waals surface area contributed by atoms with Crippen LogP contribution in [0.4, 0.5) is 14.5 Å². The van der Waals surface area contributed by atoms with Crippen LogP contribution in [0.25, 0.3) is 11.3 Å². The van der Waals surface area contributed by atoms with Crippen molar-refractivity contribution in [3.05, 3.63) is 65.5 Å². The van der Waals surface area contributed by atoms with Crippen LogP contribution < -0.4 is 15.5 Å². The first-order chi connectivity index (χ1) is 17.9. The van der Waals surface area contributed by atoms with Gasteiger partial charge < -0.3 is 10.6 Å². The normalized spacial score (nSPS) is 16.6. The zero-order chi connectivity index (χ0) is 25.9. The molecule has 1 saturated heterocycles. The average Bonchev–Trinajstić information content (AvgIpc) is 3.39. The molecule has 1 aliphatic heterocycles. The Kier molecular flexibility index (Phi) is 9.02. The van der Waals surface area contributed by atoms with Gasteiger partial charge in [-0.25, -0.2) is 9.37 Å². The second-order valence-corrected chi connectivity index (χ2v) is 10.7. The summed E-state index contributed by atoms with van der Waals surface area (Å²) in [6.45, 7) is 3.78. The average molecular weight is 558 g/mol. The van der Waals surface area contributed by atoms with Gasteiger partial charge in [-0.05, 0) is 61.4 Å². The zero-order valence-electron chi connectivity index (χ0n) is 21.4. The number of rotatable bonds is 6. The van der Waals surface area contributed by atoms with E-state index in [-0.39, 0.29) is 24.1 Å². The van der Waals surface area contributed by atoms with Crippen molar-refractivity contribution >= 4 is 45.7 Å². The molecular weight excluding hydrogens is 525 g/mol. The van der Waals surface area contributed by atoms with Crippen molar-refractivity contribution < 1.29 is 14.0 Å². The number of anilines is 2. The van der Waals surface area contributed by atoms with Gasteiger partial charge in [-0.1, -0.05) is 30.6 Å². The molecule has 2 aliphatic rings. The van der Waals surface area contributed by atoms with Gasteiger partial charge in [-0.15, -0.1) is 12.4 Å². The highest BCUT2D eigenvalue weighted by Gasteiger charge is 2.29. The lowest BCUT2D eigenvalue weighted by Gasteiger charge is -2.41. The lowest BCUT2D eigenvalue weighted by atomic mass is 9.94. The van der Waals surface area contributed by atoms with Crippen LogP contribution in [0.3, 0.4) is 0 Å². The molecule has 202 valence electrons. The number of piperazine rings is 1. The fourth-order valence-electron chi connectivity index (χ4n) is 5.25. The summed E-state index contributed by atoms with van der Waals surface area (Å²) in [7, 11) is 1.70. The number of nitrogens with zero attached hydrogens (tertiary/aromatic N) is 4. The fourth-order valence-corrected chi connectivity index (χ4v) is 6.35. The highest BCUT2D eigenvalue weighted by Crippen LogP contribution is 2.41. The van der Waals surface area contributed by atoms with Crippen LogP contribution in [0, 0.1) is 5.82 Å². The van der Waals surface area contributed by atoms with Crippen molar-refractivity contribution in [3.8, 4) is 11.3 Å². The topological polar surface area (TPSA) is 82.8 Å². The molecule has 2 fully saturated rings. The number of aromatic nitrogens is 1. The maximum absolute atomic E-state index is 13.7. The Morgan fingerprint density at radius 1 is 0.947 bits per heavy atom. The number of thiazole rings is 1. The van der Waals surface area contributed by atoms with Crippen LogP contribution in [0.1, 0.15) is 52.8 Å². The van der Waals surface area contributed by atoms with Crippen molar-refractivity contribution in [2.45, 2.75) is 38.1 Å². The first-order valence-corrected chi connectivity index (χ1v) is 13.7. The molecule has 0 spiro atoms. The molecule has 7 nitrogen and oxygen atoms in total. The van der Waals surface area contributed by atoms with Crippen LogP contribution in [-0.2, 0) is 0 Å². The number of hydrogen-bond acceptors (Lipinski definition) is 6. The first-order valence-electron chi connectivity index (χ1n) is 12.8. The van der Waals surface area contributed by atoms with Crippen molar-refractivity contribution in [3.63, 3.8) is 0 Å². The number of carbonyl (C=O) groups excluding carboxylic acids is 2. The SMILES string of the molecule is CN(C(=O)c1ccc(C(N)=O)cc1)c1nc(-c2ccc(F)cc2)c(N2CCN(C3CCCCC3)CC2)s1.Cl. The van der Waals surface area contributed by atoms with Gasteiger partial charge >= 0.3 is 0 Å². The van der Waals surface area contributed by atoms with E-state index in [1.165, 1.54) is 60.5 Å². The molecule has 10 heteroatoms. The predicted octanol–water partition coefficient (Wildman–Crippen LogP) is 5.20. The van der Waals surface area contributed by atoms with Crippen molar-refractivity contribution in [2.24, 2.45) is 5.73 Å². The molecule has 2 heterocycles. The quantitative estimate of drug-likeness (QED) is 0.450. The summed E-state index contributed by atoms with van der Waals surface area (Å²) in [6.07, 6.45) is 6.58. The third-order valence-corrected chi connectivity index (χ3v) is 8.61. The minimum absolute atomic E-state index is 0. The van der Waals surface area contributed by atoms with E-state index >= 15 is 0 Å². The fraction of sp³-hybridized carbons (Fsp3) is 0.393. The second-order valence-electron chi connectivity index (χ2n) is 9.78. The molecule has 2 aromatic carbocycles. The Labute approximate surface area is 232 Å². The van der Waals surface area contributed by atoms with E-state index in [1.54, 1.807) is 43.4 Å². The molecule has 2 N–H and O–H groups in total. The first kappa shape index (κ1) is 28.0. The molecular formula is C28H33ClFN5O2S. The van der Waals surface area contributed by atoms with Crippen LogP contribution in [0.2, 0.25) is 0 Å². The van der Waals surface area contributed by atoms with Crippen molar-refractivity contribution in [1.29, 1.82) is 0 Å². The van der Waals surface area contributed by atoms with Gasteiger partial charge in [0.05, 0.1) is 0 Å². The van der Waals surface area contributed by atoms with E-state index in [0.29, 0.717) is 22.3 Å². The molecule has 0 radical (unpaired) electrons. The van der Waals surface area contributed by atoms with Crippen LogP contribution in [0.5, 0.6) is 0 Å². The predicted molar refractivity (Wildman–Crippen MR) is 153 cm³/mol. The van der Waals surface area contributed by atoms with Gasteiger partial charge in [0.25, 0.3) is 5.91 Å². The van der Waals surface area contributed by atoms with E-state index in [0.717, 1.165) is 42.4 Å². The molecule has 1 saturated carbocycles. The maximum atomic E-state index is 13.7. The molecule has 0 atom stereocenters. The van der Waals surface area contributed by atoms with Crippen LogP contribution >= 0.6 is 23.7 Å². The van der Waals surface area contributed by atoms with Gasteiger partial charge in [0.15, 0.2) is 5.13 Å². The Morgan fingerprint density at radius 2 is 1.55 bits per heavy atom. The lowest BCUT2D eigenvalue weighted by Crippen LogP contribution is -2.50. The summed E-state index contributed by atoms with van der Waals surface area (Å²) in [5.41, 5.74) is 7.69. The third-order valence-electron chi connectivity index (χ3n) is 7.42. The van der Waals surface area contributed by atoms with Crippen molar-refractivity contribution in [1.82, 2.24) is 9.88 Å². The van der Waals surface area contributed by atoms with Gasteiger partial charge in [-0.2, -0.15) is 0 Å². The molecule has 0 unspecified atom stereocenters. The number of carbonyl (C=O) groups is 2. The minimum Gasteiger partial charge on any atom is -0.366 e. The number of halogens is 2. The number of benzene rings is 2. The highest BCUT2D eigenvalue weighted by atomic mass is 35.5. The van der Waals surface area contributed by atoms with Crippen LogP contribution in [-0.4, -0.2) is 61.0 Å². The monoisotopic (exact) mass is 557 g/mol. The molecule has 2 amide bonds. The van der Waals surface area contributed by atoms with E-state index in [2.05, 4.69) is 9.80 Å². The summed E-state index contributed by atoms with van der Waals surface area (Å²) < 4.78 is 13.7. The molecule has 1 aliphatic carbocycles. The van der Waals surface area contributed by atoms with Gasteiger partial charge in [0.1, 0.15) is 16.5 Å². The Bertz CT molecular complexity index is 1250. The third kappa shape index (κ3) is 6.00. The smallest absolute Gasteiger partial charge is 0.259 e. The van der Waals surface area contributed by atoms with E-state index in [9.17, 15) is 14.0 Å². The number of hydrogen-bond donors (Lipinski definition) is 1. The highest BCUT2D eigenvalue weighted by molar-refractivity contribution is 7.20. The molecule has 38 heavy (non-hydrogen) atoms. The van der Waals surface area contributed by atoms with Crippen LogP contribution in [0.15, 0.2) is 48.5 Å². The summed E-state index contributed by atoms with van der Waals surface area (Å²) in [6, 6.07) is 13.3. The van der Waals surface area contributed by atoms with E-state index in [4.69, 9.17) is 10.7 Å². The Hall–Kier alpha value is -3.01. The summed E-state index contributed by atoms with van der Waals surface area (Å²) in [4.78, 5) is 36.0. The lowest BCUT2D eigenvalue weighted by molar-refractivity contribution is 0.0984. The van der Waals surface area contributed by atoms with Crippen molar-refractivity contribution in [2.75, 3.05) is 43.0 Å². The summed E-state index contributed by atoms with van der Waals surface area (Å²) in [5, 5.41) is 1.56.